The van der Waals surface area contributed by atoms with Crippen LogP contribution in [0.5, 0.6) is 0 Å². The van der Waals surface area contributed by atoms with E-state index in [2.05, 4.69) is 21.2 Å². The number of carbonyl (C=O) groups excluding carboxylic acids is 2. The molecule has 7 nitrogen and oxygen atoms in total. The van der Waals surface area contributed by atoms with E-state index in [9.17, 15) is 18.0 Å². The molecular formula is C31H35BrClN3O4S. The summed E-state index contributed by atoms with van der Waals surface area (Å²) in [4.78, 5) is 28.9. The minimum absolute atomic E-state index is 0.0751. The van der Waals surface area contributed by atoms with Gasteiger partial charge in [0.15, 0.2) is 0 Å². The normalized spacial score (nSPS) is 14.7. The fraction of sp³-hybridized carbons (Fsp3) is 0.355. The Morgan fingerprint density at radius 2 is 1.56 bits per heavy atom. The fourth-order valence-electron chi connectivity index (χ4n) is 4.91. The zero-order valence-corrected chi connectivity index (χ0v) is 26.4. The number of benzene rings is 3. The van der Waals surface area contributed by atoms with E-state index < -0.39 is 28.5 Å². The highest BCUT2D eigenvalue weighted by Crippen LogP contribution is 2.27. The number of rotatable bonds is 10. The van der Waals surface area contributed by atoms with Gasteiger partial charge in [-0.05, 0) is 80.8 Å². The summed E-state index contributed by atoms with van der Waals surface area (Å²) < 4.78 is 29.7. The van der Waals surface area contributed by atoms with Crippen molar-refractivity contribution in [2.45, 2.75) is 69.5 Å². The zero-order valence-electron chi connectivity index (χ0n) is 23.2. The minimum Gasteiger partial charge on any atom is -0.352 e. The van der Waals surface area contributed by atoms with Crippen LogP contribution in [0.2, 0.25) is 5.02 Å². The average Bonchev–Trinajstić information content (AvgIpc) is 2.96. The Hall–Kier alpha value is -2.88. The molecule has 1 atom stereocenters. The van der Waals surface area contributed by atoms with E-state index in [0.29, 0.717) is 10.7 Å². The second-order valence-corrected chi connectivity index (χ2v) is 13.7. The summed E-state index contributed by atoms with van der Waals surface area (Å²) in [6, 6.07) is 19.5. The molecule has 1 fully saturated rings. The van der Waals surface area contributed by atoms with Crippen molar-refractivity contribution in [2.24, 2.45) is 0 Å². The molecule has 1 N–H and O–H groups in total. The summed E-state index contributed by atoms with van der Waals surface area (Å²) in [5, 5.41) is 3.67. The first kappa shape index (κ1) is 31.1. The van der Waals surface area contributed by atoms with E-state index in [0.717, 1.165) is 52.0 Å². The lowest BCUT2D eigenvalue weighted by molar-refractivity contribution is -0.139. The highest BCUT2D eigenvalue weighted by Gasteiger charge is 2.33. The van der Waals surface area contributed by atoms with Gasteiger partial charge in [0.2, 0.25) is 11.8 Å². The molecule has 3 aromatic carbocycles. The summed E-state index contributed by atoms with van der Waals surface area (Å²) in [6.07, 6.45) is 5.10. The maximum atomic E-state index is 14.0. The van der Waals surface area contributed by atoms with Crippen molar-refractivity contribution >= 4 is 55.1 Å². The van der Waals surface area contributed by atoms with Gasteiger partial charge < -0.3 is 10.2 Å². The van der Waals surface area contributed by atoms with Crippen LogP contribution in [0.4, 0.5) is 5.69 Å². The number of halogens is 2. The number of hydrogen-bond donors (Lipinski definition) is 1. The molecule has 3 aromatic rings. The van der Waals surface area contributed by atoms with Crippen molar-refractivity contribution in [1.29, 1.82) is 0 Å². The monoisotopic (exact) mass is 659 g/mol. The van der Waals surface area contributed by atoms with E-state index in [1.54, 1.807) is 67.6 Å². The topological polar surface area (TPSA) is 86.8 Å². The van der Waals surface area contributed by atoms with Gasteiger partial charge in [0.1, 0.15) is 12.6 Å². The first-order chi connectivity index (χ1) is 19.5. The van der Waals surface area contributed by atoms with Crippen LogP contribution in [0.1, 0.15) is 50.2 Å². The average molecular weight is 661 g/mol. The van der Waals surface area contributed by atoms with Gasteiger partial charge in [0.05, 0.1) is 10.6 Å². The maximum absolute atomic E-state index is 14.0. The van der Waals surface area contributed by atoms with Crippen LogP contribution in [0.25, 0.3) is 0 Å². The largest absolute Gasteiger partial charge is 0.352 e. The Labute approximate surface area is 256 Å². The van der Waals surface area contributed by atoms with Gasteiger partial charge in [-0.15, -0.1) is 0 Å². The van der Waals surface area contributed by atoms with Crippen molar-refractivity contribution in [1.82, 2.24) is 10.2 Å². The molecule has 0 unspecified atom stereocenters. The summed E-state index contributed by atoms with van der Waals surface area (Å²) >= 11 is 9.47. The second kappa shape index (κ2) is 13.9. The number of sulfonamides is 1. The zero-order chi connectivity index (χ0) is 29.6. The first-order valence-corrected chi connectivity index (χ1v) is 16.3. The van der Waals surface area contributed by atoms with Crippen LogP contribution in [-0.2, 0) is 26.2 Å². The molecule has 0 bridgehead atoms. The van der Waals surface area contributed by atoms with Crippen molar-refractivity contribution in [2.75, 3.05) is 10.8 Å². The third-order valence-electron chi connectivity index (χ3n) is 7.39. The van der Waals surface area contributed by atoms with Crippen LogP contribution in [0.3, 0.4) is 0 Å². The lowest BCUT2D eigenvalue weighted by Gasteiger charge is -2.33. The molecule has 1 saturated carbocycles. The van der Waals surface area contributed by atoms with Crippen LogP contribution in [0, 0.1) is 6.92 Å². The van der Waals surface area contributed by atoms with Gasteiger partial charge in [0, 0.05) is 22.1 Å². The van der Waals surface area contributed by atoms with Crippen LogP contribution >= 0.6 is 27.5 Å². The van der Waals surface area contributed by atoms with Crippen LogP contribution in [0.15, 0.2) is 82.2 Å². The number of aryl methyl sites for hydroxylation is 1. The molecule has 1 aliphatic rings. The first-order valence-electron chi connectivity index (χ1n) is 13.7. The van der Waals surface area contributed by atoms with E-state index in [4.69, 9.17) is 11.6 Å². The quantitative estimate of drug-likeness (QED) is 0.270. The molecule has 41 heavy (non-hydrogen) atoms. The lowest BCUT2D eigenvalue weighted by atomic mass is 9.95. The van der Waals surface area contributed by atoms with E-state index in [-0.39, 0.29) is 23.4 Å². The van der Waals surface area contributed by atoms with Gasteiger partial charge >= 0.3 is 0 Å². The summed E-state index contributed by atoms with van der Waals surface area (Å²) in [6.45, 7) is 3.20. The van der Waals surface area contributed by atoms with Gasteiger partial charge in [-0.2, -0.15) is 0 Å². The summed E-state index contributed by atoms with van der Waals surface area (Å²) in [5.41, 5.74) is 2.03. The minimum atomic E-state index is -4.11. The van der Waals surface area contributed by atoms with Crippen molar-refractivity contribution in [3.05, 3.63) is 93.4 Å². The molecule has 0 aromatic heterocycles. The molecule has 1 aliphatic carbocycles. The van der Waals surface area contributed by atoms with Gasteiger partial charge in [0.25, 0.3) is 10.0 Å². The highest BCUT2D eigenvalue weighted by molar-refractivity contribution is 9.10. The predicted octanol–water partition coefficient (Wildman–Crippen LogP) is 6.47. The molecule has 0 aliphatic heterocycles. The lowest BCUT2D eigenvalue weighted by Crippen LogP contribution is -2.53. The molecule has 0 spiro atoms. The molecule has 0 saturated heterocycles. The number of hydrogen-bond acceptors (Lipinski definition) is 4. The number of nitrogens with one attached hydrogen (secondary N) is 1. The van der Waals surface area contributed by atoms with Gasteiger partial charge in [-0.25, -0.2) is 8.42 Å². The Balaban J connectivity index is 1.66. The van der Waals surface area contributed by atoms with Crippen molar-refractivity contribution in [3.63, 3.8) is 0 Å². The molecule has 0 heterocycles. The Morgan fingerprint density at radius 1 is 0.951 bits per heavy atom. The molecule has 10 heteroatoms. The third-order valence-corrected chi connectivity index (χ3v) is 9.96. The molecule has 4 rings (SSSR count). The molecule has 0 radical (unpaired) electrons. The summed E-state index contributed by atoms with van der Waals surface area (Å²) in [5.74, 6) is -0.749. The van der Waals surface area contributed by atoms with Crippen molar-refractivity contribution < 1.29 is 18.0 Å². The third kappa shape index (κ3) is 8.11. The standard InChI is InChI=1S/C31H35BrClN3O4S/c1-22-8-18-29(19-9-22)41(39,40)36(28-16-12-25(32)13-17-28)21-30(37)35(20-24-10-14-26(33)15-11-24)23(2)31(38)34-27-6-4-3-5-7-27/h8-19,23,27H,3-7,20-21H2,1-2H3,(H,34,38)/t23-/m0/s1. The number of nitrogens with zero attached hydrogens (tertiary/aromatic N) is 2. The Bertz CT molecular complexity index is 1440. The predicted molar refractivity (Wildman–Crippen MR) is 166 cm³/mol. The molecular weight excluding hydrogens is 626 g/mol. The van der Waals surface area contributed by atoms with Crippen LogP contribution in [-0.4, -0.2) is 43.8 Å². The van der Waals surface area contributed by atoms with E-state index in [1.807, 2.05) is 6.92 Å². The molecule has 218 valence electrons. The van der Waals surface area contributed by atoms with Gasteiger partial charge in [-0.1, -0.05) is 76.6 Å². The Kier molecular flexibility index (Phi) is 10.5. The molecule has 2 amide bonds. The van der Waals surface area contributed by atoms with E-state index >= 15 is 0 Å². The number of anilines is 1. The highest BCUT2D eigenvalue weighted by atomic mass is 79.9. The fourth-order valence-corrected chi connectivity index (χ4v) is 6.72. The van der Waals surface area contributed by atoms with Gasteiger partial charge in [-0.3, -0.25) is 13.9 Å². The summed E-state index contributed by atoms with van der Waals surface area (Å²) in [7, 11) is -4.11. The van der Waals surface area contributed by atoms with E-state index in [1.165, 1.54) is 17.0 Å². The smallest absolute Gasteiger partial charge is 0.264 e. The maximum Gasteiger partial charge on any atom is 0.264 e. The SMILES string of the molecule is Cc1ccc(S(=O)(=O)N(CC(=O)N(Cc2ccc(Cl)cc2)[C@@H](C)C(=O)NC2CCCCC2)c2ccc(Br)cc2)cc1. The van der Waals surface area contributed by atoms with Crippen molar-refractivity contribution in [3.8, 4) is 0 Å². The Morgan fingerprint density at radius 3 is 2.17 bits per heavy atom. The van der Waals surface area contributed by atoms with Crippen LogP contribution < -0.4 is 9.62 Å². The second-order valence-electron chi connectivity index (χ2n) is 10.5. The number of amides is 2. The number of carbonyl (C=O) groups is 2.